The number of anilines is 1. The Bertz CT molecular complexity index is 1080. The van der Waals surface area contributed by atoms with Crippen molar-refractivity contribution in [2.24, 2.45) is 0 Å². The van der Waals surface area contributed by atoms with Crippen LogP contribution in [0, 0.1) is 13.8 Å². The normalized spacial score (nSPS) is 11.5. The van der Waals surface area contributed by atoms with Gasteiger partial charge in [0, 0.05) is 23.1 Å². The molecular weight excluding hydrogens is 280 g/mol. The third kappa shape index (κ3) is 1.74. The van der Waals surface area contributed by atoms with E-state index in [4.69, 9.17) is 15.1 Å². The van der Waals surface area contributed by atoms with Crippen LogP contribution in [0.4, 0.5) is 5.69 Å². The predicted octanol–water partition coefficient (Wildman–Crippen LogP) is 2.63. The molecule has 6 heteroatoms. The molecule has 4 aromatic rings. The lowest BCUT2D eigenvalue weighted by Gasteiger charge is -2.02. The lowest BCUT2D eigenvalue weighted by molar-refractivity contribution is 0.555. The predicted molar refractivity (Wildman–Crippen MR) is 84.9 cm³/mol. The van der Waals surface area contributed by atoms with Crippen molar-refractivity contribution in [1.82, 2.24) is 14.4 Å². The number of aryl methyl sites for hydroxylation is 2. The molecule has 3 heterocycles. The first-order valence-electron chi connectivity index (χ1n) is 6.91. The molecule has 0 radical (unpaired) electrons. The van der Waals surface area contributed by atoms with Crippen molar-refractivity contribution in [3.05, 3.63) is 52.3 Å². The zero-order valence-electron chi connectivity index (χ0n) is 12.2. The Morgan fingerprint density at radius 1 is 1.27 bits per heavy atom. The molecule has 0 atom stereocenters. The van der Waals surface area contributed by atoms with Crippen molar-refractivity contribution in [2.45, 2.75) is 13.8 Å². The number of oxazole rings is 1. The van der Waals surface area contributed by atoms with Gasteiger partial charge in [0.15, 0.2) is 5.58 Å². The lowest BCUT2D eigenvalue weighted by Crippen LogP contribution is -1.94. The number of hydrogen-bond acceptors (Lipinski definition) is 4. The molecular formula is C16H14N4O2. The zero-order chi connectivity index (χ0) is 15.4. The highest BCUT2D eigenvalue weighted by molar-refractivity contribution is 5.80. The van der Waals surface area contributed by atoms with Crippen LogP contribution < -0.4 is 11.5 Å². The van der Waals surface area contributed by atoms with Gasteiger partial charge >= 0.3 is 5.76 Å². The summed E-state index contributed by atoms with van der Waals surface area (Å²) >= 11 is 0. The topological polar surface area (TPSA) is 89.3 Å². The highest BCUT2D eigenvalue weighted by atomic mass is 16.4. The number of nitrogens with zero attached hydrogens (tertiary/aromatic N) is 2. The van der Waals surface area contributed by atoms with Crippen molar-refractivity contribution in [2.75, 3.05) is 5.73 Å². The minimum atomic E-state index is -0.456. The van der Waals surface area contributed by atoms with Crippen LogP contribution in [-0.4, -0.2) is 14.4 Å². The highest BCUT2D eigenvalue weighted by Crippen LogP contribution is 2.28. The van der Waals surface area contributed by atoms with Gasteiger partial charge in [-0.25, -0.2) is 9.78 Å². The summed E-state index contributed by atoms with van der Waals surface area (Å²) in [5.74, 6) is -0.456. The molecule has 0 amide bonds. The number of benzene rings is 1. The van der Waals surface area contributed by atoms with E-state index >= 15 is 0 Å². The van der Waals surface area contributed by atoms with E-state index in [9.17, 15) is 4.79 Å². The maximum absolute atomic E-state index is 11.3. The van der Waals surface area contributed by atoms with Crippen LogP contribution in [0.1, 0.15) is 11.3 Å². The van der Waals surface area contributed by atoms with Crippen molar-refractivity contribution in [3.63, 3.8) is 0 Å². The van der Waals surface area contributed by atoms with Gasteiger partial charge in [-0.15, -0.1) is 0 Å². The van der Waals surface area contributed by atoms with Gasteiger partial charge in [0.25, 0.3) is 0 Å². The molecule has 0 fully saturated rings. The second-order valence-electron chi connectivity index (χ2n) is 5.42. The van der Waals surface area contributed by atoms with Crippen LogP contribution in [0.2, 0.25) is 0 Å². The first kappa shape index (κ1) is 12.7. The molecule has 0 aliphatic rings. The maximum Gasteiger partial charge on any atom is 0.417 e. The summed E-state index contributed by atoms with van der Waals surface area (Å²) < 4.78 is 7.10. The summed E-state index contributed by atoms with van der Waals surface area (Å²) in [7, 11) is 0. The fourth-order valence-corrected chi connectivity index (χ4v) is 2.82. The van der Waals surface area contributed by atoms with E-state index < -0.39 is 5.76 Å². The number of fused-ring (bicyclic) bond motifs is 2. The van der Waals surface area contributed by atoms with Gasteiger partial charge in [0.2, 0.25) is 0 Å². The molecule has 0 saturated heterocycles. The van der Waals surface area contributed by atoms with Crippen LogP contribution in [0.3, 0.4) is 0 Å². The monoisotopic (exact) mass is 294 g/mol. The van der Waals surface area contributed by atoms with E-state index in [0.717, 1.165) is 28.2 Å². The number of imidazole rings is 1. The first-order chi connectivity index (χ1) is 10.5. The number of rotatable bonds is 1. The quantitative estimate of drug-likeness (QED) is 0.564. The molecule has 1 aromatic carbocycles. The van der Waals surface area contributed by atoms with Gasteiger partial charge in [-0.05, 0) is 37.6 Å². The average Bonchev–Trinajstić information content (AvgIpc) is 2.98. The van der Waals surface area contributed by atoms with Gasteiger partial charge in [0.1, 0.15) is 5.65 Å². The number of nitrogen functional groups attached to an aromatic ring is 1. The maximum atomic E-state index is 11.3. The molecule has 0 aliphatic heterocycles. The summed E-state index contributed by atoms with van der Waals surface area (Å²) in [6.45, 7) is 3.97. The van der Waals surface area contributed by atoms with Crippen LogP contribution in [0.25, 0.3) is 28.0 Å². The zero-order valence-corrected chi connectivity index (χ0v) is 12.2. The summed E-state index contributed by atoms with van der Waals surface area (Å²) in [4.78, 5) is 18.6. The molecule has 0 saturated carbocycles. The number of H-pyrrole nitrogens is 1. The van der Waals surface area contributed by atoms with Gasteiger partial charge in [-0.3, -0.25) is 4.98 Å². The van der Waals surface area contributed by atoms with Gasteiger partial charge < -0.3 is 14.6 Å². The molecule has 0 spiro atoms. The Morgan fingerprint density at radius 3 is 2.91 bits per heavy atom. The summed E-state index contributed by atoms with van der Waals surface area (Å²) in [5, 5.41) is 0. The van der Waals surface area contributed by atoms with E-state index in [1.807, 2.05) is 48.7 Å². The van der Waals surface area contributed by atoms with E-state index in [1.165, 1.54) is 0 Å². The SMILES string of the molecule is Cc1cc(N)cn2c(C)c(-c3ccc4[nH]c(=O)oc4c3)nc12. The standard InChI is InChI=1S/C16H14N4O2/c1-8-5-11(17)7-20-9(2)14(19-15(8)20)10-3-4-12-13(6-10)22-16(21)18-12/h3-7H,17H2,1-2H3,(H,18,21). The smallest absolute Gasteiger partial charge is 0.408 e. The average molecular weight is 294 g/mol. The Kier molecular flexibility index (Phi) is 2.45. The molecule has 6 nitrogen and oxygen atoms in total. The number of hydrogen-bond donors (Lipinski definition) is 2. The second-order valence-corrected chi connectivity index (χ2v) is 5.42. The van der Waals surface area contributed by atoms with Crippen molar-refractivity contribution >= 4 is 22.4 Å². The van der Waals surface area contributed by atoms with Gasteiger partial charge in [-0.2, -0.15) is 0 Å². The van der Waals surface area contributed by atoms with E-state index in [2.05, 4.69) is 4.98 Å². The molecule has 4 rings (SSSR count). The van der Waals surface area contributed by atoms with E-state index in [0.29, 0.717) is 16.8 Å². The Balaban J connectivity index is 2.01. The first-order valence-corrected chi connectivity index (χ1v) is 6.91. The van der Waals surface area contributed by atoms with Crippen molar-refractivity contribution in [3.8, 4) is 11.3 Å². The molecule has 22 heavy (non-hydrogen) atoms. The summed E-state index contributed by atoms with van der Waals surface area (Å²) in [5.41, 5.74) is 12.4. The fourth-order valence-electron chi connectivity index (χ4n) is 2.82. The number of nitrogens with one attached hydrogen (secondary N) is 1. The highest BCUT2D eigenvalue weighted by Gasteiger charge is 2.14. The Morgan fingerprint density at radius 2 is 2.09 bits per heavy atom. The summed E-state index contributed by atoms with van der Waals surface area (Å²) in [6.07, 6.45) is 1.86. The molecule has 3 N–H and O–H groups in total. The lowest BCUT2D eigenvalue weighted by atomic mass is 10.1. The molecule has 0 bridgehead atoms. The third-order valence-electron chi connectivity index (χ3n) is 3.86. The van der Waals surface area contributed by atoms with Gasteiger partial charge in [0.05, 0.1) is 11.2 Å². The molecule has 110 valence electrons. The van der Waals surface area contributed by atoms with Gasteiger partial charge in [-0.1, -0.05) is 6.07 Å². The largest absolute Gasteiger partial charge is 0.417 e. The minimum absolute atomic E-state index is 0.456. The minimum Gasteiger partial charge on any atom is -0.408 e. The Hall–Kier alpha value is -3.02. The molecule has 0 unspecified atom stereocenters. The van der Waals surface area contributed by atoms with Crippen LogP contribution >= 0.6 is 0 Å². The molecule has 0 aliphatic carbocycles. The number of nitrogens with two attached hydrogens (primary N) is 1. The van der Waals surface area contributed by atoms with Crippen molar-refractivity contribution in [1.29, 1.82) is 0 Å². The molecule has 3 aromatic heterocycles. The van der Waals surface area contributed by atoms with Crippen LogP contribution in [0.5, 0.6) is 0 Å². The van der Waals surface area contributed by atoms with Crippen LogP contribution in [-0.2, 0) is 0 Å². The second kappa shape index (κ2) is 4.24. The number of pyridine rings is 1. The van der Waals surface area contributed by atoms with Crippen LogP contribution in [0.15, 0.2) is 39.7 Å². The third-order valence-corrected chi connectivity index (χ3v) is 3.86. The van der Waals surface area contributed by atoms with E-state index in [-0.39, 0.29) is 0 Å². The number of aromatic nitrogens is 3. The fraction of sp³-hybridized carbons (Fsp3) is 0.125. The summed E-state index contributed by atoms with van der Waals surface area (Å²) in [6, 6.07) is 7.46. The van der Waals surface area contributed by atoms with E-state index in [1.54, 1.807) is 0 Å². The Labute approximate surface area is 125 Å². The number of aromatic amines is 1. The van der Waals surface area contributed by atoms with Crippen molar-refractivity contribution < 1.29 is 4.42 Å².